The average Bonchev–Trinajstić information content (AvgIpc) is 2.63. The Morgan fingerprint density at radius 2 is 2.00 bits per heavy atom. The summed E-state index contributed by atoms with van der Waals surface area (Å²) in [4.78, 5) is 28.2. The number of piperazine rings is 1. The van der Waals surface area contributed by atoms with Crippen LogP contribution in [0.5, 0.6) is 5.75 Å². The Morgan fingerprint density at radius 3 is 2.63 bits per heavy atom. The molecule has 27 heavy (non-hydrogen) atoms. The van der Waals surface area contributed by atoms with Crippen LogP contribution >= 0.6 is 0 Å². The summed E-state index contributed by atoms with van der Waals surface area (Å²) < 4.78 is 22.8. The lowest BCUT2D eigenvalue weighted by Crippen LogP contribution is -2.45. The van der Waals surface area contributed by atoms with Crippen molar-refractivity contribution in [2.24, 2.45) is 0 Å². The highest BCUT2D eigenvalue weighted by molar-refractivity contribution is 6.03. The first kappa shape index (κ1) is 17.6. The summed E-state index contributed by atoms with van der Waals surface area (Å²) in [6, 6.07) is -0.219. The molecule has 4 rings (SSSR count). The normalized spacial score (nSPS) is 20.0. The van der Waals surface area contributed by atoms with Crippen LogP contribution in [0.1, 0.15) is 23.3 Å². The van der Waals surface area contributed by atoms with E-state index < -0.39 is 22.8 Å². The number of likely N-dealkylation sites (N-methyl/N-ethyl adjacent to an activating group) is 1. The van der Waals surface area contributed by atoms with E-state index in [9.17, 15) is 14.7 Å². The molecule has 0 aliphatic carbocycles. The number of hydrogen-bond donors (Lipinski definition) is 2. The van der Waals surface area contributed by atoms with Gasteiger partial charge in [-0.2, -0.15) is 0 Å². The summed E-state index contributed by atoms with van der Waals surface area (Å²) in [5.74, 6) is -1.84. The molecule has 2 aromatic rings. The number of nitrogens with zero attached hydrogens (tertiary/aromatic N) is 3. The first-order valence-electron chi connectivity index (χ1n) is 8.80. The number of carboxylic acid groups (broad SMARTS) is 1. The molecule has 144 valence electrons. The fourth-order valence-electron chi connectivity index (χ4n) is 3.80. The van der Waals surface area contributed by atoms with Crippen LogP contribution in [-0.2, 0) is 0 Å². The molecular formula is C18H21FN4O4. The van der Waals surface area contributed by atoms with Gasteiger partial charge in [0.15, 0.2) is 11.6 Å². The molecule has 0 unspecified atom stereocenters. The molecule has 1 aromatic carbocycles. The lowest BCUT2D eigenvalue weighted by molar-refractivity contribution is 0.0694. The van der Waals surface area contributed by atoms with Gasteiger partial charge in [-0.05, 0) is 14.0 Å². The Hall–Kier alpha value is -2.81. The smallest absolute Gasteiger partial charge is 0.341 e. The monoisotopic (exact) mass is 376 g/mol. The number of hydrogen-bond acceptors (Lipinski definition) is 6. The zero-order valence-corrected chi connectivity index (χ0v) is 15.2. The topological polar surface area (TPSA) is 101 Å². The van der Waals surface area contributed by atoms with Crippen molar-refractivity contribution < 1.29 is 19.0 Å². The lowest BCUT2D eigenvalue weighted by Gasteiger charge is -2.37. The van der Waals surface area contributed by atoms with E-state index in [-0.39, 0.29) is 35.2 Å². The van der Waals surface area contributed by atoms with Gasteiger partial charge in [0.05, 0.1) is 22.6 Å². The summed E-state index contributed by atoms with van der Waals surface area (Å²) in [5, 5.41) is 9.24. The minimum absolute atomic E-state index is 0.133. The second-order valence-corrected chi connectivity index (χ2v) is 7.16. The van der Waals surface area contributed by atoms with Gasteiger partial charge >= 0.3 is 5.97 Å². The van der Waals surface area contributed by atoms with E-state index in [4.69, 9.17) is 10.5 Å². The third kappa shape index (κ3) is 2.53. The number of nitrogens with two attached hydrogens (primary N) is 1. The second-order valence-electron chi connectivity index (χ2n) is 7.16. The van der Waals surface area contributed by atoms with E-state index in [1.54, 1.807) is 4.57 Å². The van der Waals surface area contributed by atoms with Gasteiger partial charge in [0.25, 0.3) is 0 Å². The molecule has 1 atom stereocenters. The van der Waals surface area contributed by atoms with E-state index in [1.807, 2.05) is 18.9 Å². The number of pyridine rings is 1. The minimum Gasteiger partial charge on any atom is -0.487 e. The van der Waals surface area contributed by atoms with E-state index in [0.29, 0.717) is 18.6 Å². The Kier molecular flexibility index (Phi) is 3.99. The quantitative estimate of drug-likeness (QED) is 0.758. The molecule has 9 heteroatoms. The van der Waals surface area contributed by atoms with Gasteiger partial charge in [-0.1, -0.05) is 0 Å². The van der Waals surface area contributed by atoms with Crippen molar-refractivity contribution in [1.29, 1.82) is 0 Å². The minimum atomic E-state index is -1.37. The Bertz CT molecular complexity index is 1010. The van der Waals surface area contributed by atoms with Crippen LogP contribution < -0.4 is 20.8 Å². The van der Waals surface area contributed by atoms with Crippen LogP contribution in [0.2, 0.25) is 0 Å². The van der Waals surface area contributed by atoms with E-state index in [1.165, 1.54) is 6.20 Å². The zero-order chi connectivity index (χ0) is 19.5. The zero-order valence-electron chi connectivity index (χ0n) is 15.2. The molecule has 3 heterocycles. The van der Waals surface area contributed by atoms with Crippen molar-refractivity contribution >= 4 is 28.2 Å². The summed E-state index contributed by atoms with van der Waals surface area (Å²) in [5.41, 5.74) is 5.06. The third-order valence-electron chi connectivity index (χ3n) is 5.37. The van der Waals surface area contributed by atoms with Gasteiger partial charge in [0, 0.05) is 32.4 Å². The van der Waals surface area contributed by atoms with E-state index in [0.717, 1.165) is 13.1 Å². The van der Waals surface area contributed by atoms with Gasteiger partial charge in [0.2, 0.25) is 5.43 Å². The highest BCUT2D eigenvalue weighted by Crippen LogP contribution is 2.45. The molecule has 0 radical (unpaired) electrons. The molecule has 2 aliphatic heterocycles. The molecule has 8 nitrogen and oxygen atoms in total. The van der Waals surface area contributed by atoms with E-state index >= 15 is 4.39 Å². The van der Waals surface area contributed by atoms with Crippen LogP contribution in [0, 0.1) is 5.82 Å². The van der Waals surface area contributed by atoms with Gasteiger partial charge in [0.1, 0.15) is 17.9 Å². The molecule has 0 spiro atoms. The second kappa shape index (κ2) is 6.12. The number of carboxylic acids is 1. The highest BCUT2D eigenvalue weighted by atomic mass is 19.1. The fraction of sp³-hybridized carbons (Fsp3) is 0.444. The molecule has 0 saturated carbocycles. The average molecular weight is 376 g/mol. The molecule has 1 fully saturated rings. The summed E-state index contributed by atoms with van der Waals surface area (Å²) in [6.07, 6.45) is 1.30. The van der Waals surface area contributed by atoms with Gasteiger partial charge in [-0.3, -0.25) is 4.79 Å². The standard InChI is InChI=1S/C18H21FN4O4/c1-9-8-27-17-14-11(16(24)10(18(25)26)7-23(9)14)13(20)12(19)15(17)22-5-3-21(2)4-6-22/h7,9H,3-6,8,20H2,1-2H3,(H,25,26)/t9-/m0/s1. The maximum atomic E-state index is 15.3. The highest BCUT2D eigenvalue weighted by Gasteiger charge is 2.33. The summed E-state index contributed by atoms with van der Waals surface area (Å²) in [6.45, 7) is 4.81. The predicted molar refractivity (Wildman–Crippen MR) is 99.5 cm³/mol. The van der Waals surface area contributed by atoms with Crippen molar-refractivity contribution in [3.63, 3.8) is 0 Å². The van der Waals surface area contributed by atoms with Crippen molar-refractivity contribution in [2.45, 2.75) is 13.0 Å². The molecule has 1 saturated heterocycles. The van der Waals surface area contributed by atoms with Crippen molar-refractivity contribution in [3.8, 4) is 5.75 Å². The molecule has 1 aromatic heterocycles. The number of anilines is 2. The number of halogens is 1. The molecule has 2 aliphatic rings. The first-order valence-corrected chi connectivity index (χ1v) is 8.80. The largest absolute Gasteiger partial charge is 0.487 e. The Morgan fingerprint density at radius 1 is 1.33 bits per heavy atom. The van der Waals surface area contributed by atoms with Gasteiger partial charge < -0.3 is 29.9 Å². The maximum absolute atomic E-state index is 15.3. The van der Waals surface area contributed by atoms with Crippen molar-refractivity contribution in [3.05, 3.63) is 27.8 Å². The number of carbonyl (C=O) groups is 1. The number of ether oxygens (including phenoxy) is 1. The lowest BCUT2D eigenvalue weighted by atomic mass is 10.0. The molecule has 0 amide bonds. The van der Waals surface area contributed by atoms with Crippen LogP contribution in [0.25, 0.3) is 10.9 Å². The van der Waals surface area contributed by atoms with Crippen LogP contribution in [0.15, 0.2) is 11.0 Å². The molecule has 3 N–H and O–H groups in total. The van der Waals surface area contributed by atoms with Gasteiger partial charge in [-0.15, -0.1) is 0 Å². The number of nitrogen functional groups attached to an aromatic ring is 1. The van der Waals surface area contributed by atoms with Crippen LogP contribution in [0.3, 0.4) is 0 Å². The summed E-state index contributed by atoms with van der Waals surface area (Å²) in [7, 11) is 2.00. The maximum Gasteiger partial charge on any atom is 0.341 e. The number of aromatic nitrogens is 1. The first-order chi connectivity index (χ1) is 12.8. The third-order valence-corrected chi connectivity index (χ3v) is 5.37. The Balaban J connectivity index is 2.07. The predicted octanol–water partition coefficient (Wildman–Crippen LogP) is 1.13. The van der Waals surface area contributed by atoms with Gasteiger partial charge in [-0.25, -0.2) is 9.18 Å². The number of aromatic carboxylic acids is 1. The molecule has 0 bridgehead atoms. The summed E-state index contributed by atoms with van der Waals surface area (Å²) >= 11 is 0. The fourth-order valence-corrected chi connectivity index (χ4v) is 3.80. The van der Waals surface area contributed by atoms with Crippen molar-refractivity contribution in [1.82, 2.24) is 9.47 Å². The number of benzene rings is 1. The van der Waals surface area contributed by atoms with Crippen LogP contribution in [0.4, 0.5) is 15.8 Å². The van der Waals surface area contributed by atoms with E-state index in [2.05, 4.69) is 4.90 Å². The number of rotatable bonds is 2. The molecular weight excluding hydrogens is 355 g/mol. The Labute approximate surface area is 154 Å². The SMILES string of the molecule is C[C@H]1COc2c(N3CCN(C)CC3)c(F)c(N)c3c(=O)c(C(=O)O)cn1c23. The van der Waals surface area contributed by atoms with Crippen LogP contribution in [-0.4, -0.2) is 60.4 Å². The van der Waals surface area contributed by atoms with Crippen molar-refractivity contribution in [2.75, 3.05) is 50.5 Å².